The van der Waals surface area contributed by atoms with E-state index in [1.54, 1.807) is 26.0 Å². The van der Waals surface area contributed by atoms with Crippen molar-refractivity contribution in [2.75, 3.05) is 13.7 Å². The fourth-order valence-electron chi connectivity index (χ4n) is 4.57. The fourth-order valence-corrected chi connectivity index (χ4v) is 4.93. The summed E-state index contributed by atoms with van der Waals surface area (Å²) in [5.74, 6) is -0.212. The Balaban J connectivity index is 1.76. The summed E-state index contributed by atoms with van der Waals surface area (Å²) >= 11 is 3.41. The SMILES string of the molecule is COc1cc(C=Nn2c(C3CCCCC3)nc3ccc(Br)cc3c2=O)cc([N+](=O)[O-])c1OCC(=O)OC(C)C. The lowest BCUT2D eigenvalue weighted by molar-refractivity contribution is -0.385. The first kappa shape index (κ1) is 28.2. The lowest BCUT2D eigenvalue weighted by atomic mass is 9.88. The Morgan fingerprint density at radius 1 is 1.26 bits per heavy atom. The van der Waals surface area contributed by atoms with Crippen molar-refractivity contribution in [2.24, 2.45) is 5.10 Å². The summed E-state index contributed by atoms with van der Waals surface area (Å²) in [4.78, 5) is 41.5. The molecule has 0 amide bonds. The number of aromatic nitrogens is 2. The van der Waals surface area contributed by atoms with Crippen molar-refractivity contribution in [2.45, 2.75) is 58.0 Å². The Kier molecular flexibility index (Phi) is 8.95. The van der Waals surface area contributed by atoms with Gasteiger partial charge in [-0.3, -0.25) is 14.9 Å². The van der Waals surface area contributed by atoms with Gasteiger partial charge in [0.1, 0.15) is 5.82 Å². The Hall–Kier alpha value is -3.80. The highest BCUT2D eigenvalue weighted by molar-refractivity contribution is 9.10. The molecule has 0 aliphatic heterocycles. The number of fused-ring (bicyclic) bond motifs is 1. The van der Waals surface area contributed by atoms with Crippen LogP contribution in [0.1, 0.15) is 63.3 Å². The van der Waals surface area contributed by atoms with E-state index in [1.807, 2.05) is 6.07 Å². The van der Waals surface area contributed by atoms with Gasteiger partial charge in [0.05, 0.1) is 35.3 Å². The minimum atomic E-state index is -0.669. The van der Waals surface area contributed by atoms with Gasteiger partial charge in [-0.05, 0) is 51.0 Å². The van der Waals surface area contributed by atoms with Crippen LogP contribution in [0.5, 0.6) is 11.5 Å². The van der Waals surface area contributed by atoms with Gasteiger partial charge in [-0.2, -0.15) is 9.78 Å². The molecule has 3 aromatic rings. The molecule has 0 atom stereocenters. The topological polar surface area (TPSA) is 135 Å². The van der Waals surface area contributed by atoms with E-state index in [-0.39, 0.29) is 29.1 Å². The zero-order valence-electron chi connectivity index (χ0n) is 21.9. The molecule has 0 unspecified atom stereocenters. The molecule has 0 spiro atoms. The number of esters is 1. The van der Waals surface area contributed by atoms with E-state index < -0.39 is 23.2 Å². The number of benzene rings is 2. The number of rotatable bonds is 9. The summed E-state index contributed by atoms with van der Waals surface area (Å²) in [6.45, 7) is 2.84. The molecule has 206 valence electrons. The van der Waals surface area contributed by atoms with E-state index in [4.69, 9.17) is 19.2 Å². The number of methoxy groups -OCH3 is 1. The Morgan fingerprint density at radius 3 is 2.67 bits per heavy atom. The van der Waals surface area contributed by atoms with Gasteiger partial charge in [-0.15, -0.1) is 0 Å². The molecular formula is C27H29BrN4O7. The quantitative estimate of drug-likeness (QED) is 0.139. The monoisotopic (exact) mass is 600 g/mol. The van der Waals surface area contributed by atoms with Gasteiger partial charge in [0.25, 0.3) is 5.56 Å². The Bertz CT molecular complexity index is 1480. The van der Waals surface area contributed by atoms with Crippen LogP contribution in [0.2, 0.25) is 0 Å². The van der Waals surface area contributed by atoms with E-state index in [2.05, 4.69) is 21.0 Å². The smallest absolute Gasteiger partial charge is 0.344 e. The summed E-state index contributed by atoms with van der Waals surface area (Å²) in [5.41, 5.74) is 0.133. The van der Waals surface area contributed by atoms with Crippen molar-refractivity contribution >= 4 is 44.7 Å². The van der Waals surface area contributed by atoms with Crippen LogP contribution in [0.15, 0.2) is 44.7 Å². The molecular weight excluding hydrogens is 572 g/mol. The van der Waals surface area contributed by atoms with E-state index >= 15 is 0 Å². The van der Waals surface area contributed by atoms with Gasteiger partial charge in [-0.25, -0.2) is 9.78 Å². The third kappa shape index (κ3) is 6.62. The standard InChI is InChI=1S/C27H29BrN4O7/c1-16(2)39-24(33)15-38-25-22(32(35)36)11-17(12-23(25)37-3)14-29-31-26(18-7-5-4-6-8-18)30-21-10-9-19(28)13-20(21)27(31)34/h9-14,16,18H,4-8,15H2,1-3H3. The molecule has 1 fully saturated rings. The van der Waals surface area contributed by atoms with E-state index in [9.17, 15) is 19.7 Å². The van der Waals surface area contributed by atoms with Crippen molar-refractivity contribution in [3.63, 3.8) is 0 Å². The van der Waals surface area contributed by atoms with Crippen LogP contribution in [0.3, 0.4) is 0 Å². The summed E-state index contributed by atoms with van der Waals surface area (Å²) < 4.78 is 17.8. The maximum absolute atomic E-state index is 13.5. The number of hydrogen-bond donors (Lipinski definition) is 0. The second kappa shape index (κ2) is 12.4. The highest BCUT2D eigenvalue weighted by Crippen LogP contribution is 2.38. The molecule has 1 aromatic heterocycles. The third-order valence-corrected chi connectivity index (χ3v) is 6.79. The highest BCUT2D eigenvalue weighted by atomic mass is 79.9. The van der Waals surface area contributed by atoms with Crippen molar-refractivity contribution in [3.8, 4) is 11.5 Å². The first-order valence-electron chi connectivity index (χ1n) is 12.6. The van der Waals surface area contributed by atoms with Crippen LogP contribution in [0.4, 0.5) is 5.69 Å². The largest absolute Gasteiger partial charge is 0.493 e. The summed E-state index contributed by atoms with van der Waals surface area (Å²) in [5, 5.41) is 16.7. The number of ether oxygens (including phenoxy) is 3. The maximum atomic E-state index is 13.5. The number of carbonyl (C=O) groups excluding carboxylic acids is 1. The molecule has 0 N–H and O–H groups in total. The van der Waals surface area contributed by atoms with Crippen molar-refractivity contribution in [3.05, 3.63) is 66.7 Å². The normalized spacial score (nSPS) is 14.2. The van der Waals surface area contributed by atoms with Gasteiger partial charge < -0.3 is 14.2 Å². The first-order valence-corrected chi connectivity index (χ1v) is 13.4. The third-order valence-electron chi connectivity index (χ3n) is 6.30. The van der Waals surface area contributed by atoms with Gasteiger partial charge in [0, 0.05) is 22.0 Å². The highest BCUT2D eigenvalue weighted by Gasteiger charge is 2.25. The zero-order chi connectivity index (χ0) is 28.1. The number of hydrogen-bond acceptors (Lipinski definition) is 9. The Morgan fingerprint density at radius 2 is 2.00 bits per heavy atom. The summed E-state index contributed by atoms with van der Waals surface area (Å²) in [7, 11) is 1.33. The number of carbonyl (C=O) groups is 1. The van der Waals surface area contributed by atoms with Crippen LogP contribution in [0.25, 0.3) is 10.9 Å². The molecule has 39 heavy (non-hydrogen) atoms. The first-order chi connectivity index (χ1) is 18.7. The number of nitro groups is 1. The minimum Gasteiger partial charge on any atom is -0.493 e. The van der Waals surface area contributed by atoms with Crippen LogP contribution < -0.4 is 15.0 Å². The van der Waals surface area contributed by atoms with Crippen LogP contribution in [0, 0.1) is 10.1 Å². The molecule has 1 heterocycles. The predicted octanol–water partition coefficient (Wildman–Crippen LogP) is 5.34. The molecule has 1 saturated carbocycles. The van der Waals surface area contributed by atoms with Gasteiger partial charge >= 0.3 is 11.7 Å². The average molecular weight is 601 g/mol. The lowest BCUT2D eigenvalue weighted by Crippen LogP contribution is -2.25. The van der Waals surface area contributed by atoms with Crippen LogP contribution in [-0.4, -0.2) is 46.6 Å². The molecule has 0 saturated heterocycles. The van der Waals surface area contributed by atoms with Crippen molar-refractivity contribution in [1.82, 2.24) is 9.66 Å². The molecule has 2 aromatic carbocycles. The molecule has 1 aliphatic rings. The van der Waals surface area contributed by atoms with Crippen molar-refractivity contribution in [1.29, 1.82) is 0 Å². The molecule has 0 radical (unpaired) electrons. The van der Waals surface area contributed by atoms with E-state index in [0.29, 0.717) is 22.3 Å². The van der Waals surface area contributed by atoms with Gasteiger partial charge in [-0.1, -0.05) is 35.2 Å². The predicted molar refractivity (Wildman–Crippen MR) is 149 cm³/mol. The molecule has 1 aliphatic carbocycles. The summed E-state index contributed by atoms with van der Waals surface area (Å²) in [6, 6.07) is 8.06. The van der Waals surface area contributed by atoms with Gasteiger partial charge in [0.2, 0.25) is 5.75 Å². The fraction of sp³-hybridized carbons (Fsp3) is 0.407. The van der Waals surface area contributed by atoms with Crippen LogP contribution in [-0.2, 0) is 9.53 Å². The Labute approximate surface area is 233 Å². The minimum absolute atomic E-state index is 0.0309. The van der Waals surface area contributed by atoms with Gasteiger partial charge in [0.15, 0.2) is 12.4 Å². The molecule has 11 nitrogen and oxygen atoms in total. The van der Waals surface area contributed by atoms with Crippen LogP contribution >= 0.6 is 15.9 Å². The second-order valence-electron chi connectivity index (χ2n) is 9.48. The second-order valence-corrected chi connectivity index (χ2v) is 10.4. The molecule has 0 bridgehead atoms. The molecule has 12 heteroatoms. The molecule has 4 rings (SSSR count). The zero-order valence-corrected chi connectivity index (χ0v) is 23.5. The average Bonchev–Trinajstić information content (AvgIpc) is 2.91. The number of nitrogens with zero attached hydrogens (tertiary/aromatic N) is 4. The summed E-state index contributed by atoms with van der Waals surface area (Å²) in [6.07, 6.45) is 6.01. The lowest BCUT2D eigenvalue weighted by Gasteiger charge is -2.22. The van der Waals surface area contributed by atoms with E-state index in [1.165, 1.54) is 30.1 Å². The number of nitro benzene ring substituents is 1. The van der Waals surface area contributed by atoms with E-state index in [0.717, 1.165) is 36.6 Å². The van der Waals surface area contributed by atoms with Crippen molar-refractivity contribution < 1.29 is 23.9 Å². The maximum Gasteiger partial charge on any atom is 0.344 e. The number of halogens is 1.